The second-order valence-corrected chi connectivity index (χ2v) is 1.44. The molecule has 0 rings (SSSR count). The normalized spacial score (nSPS) is 7.50. The summed E-state index contributed by atoms with van der Waals surface area (Å²) < 4.78 is 0. The van der Waals surface area contributed by atoms with Crippen LogP contribution in [0.3, 0.4) is 0 Å². The number of carbonyl (C=O) groups is 1. The van der Waals surface area contributed by atoms with E-state index in [9.17, 15) is 4.79 Å². The summed E-state index contributed by atoms with van der Waals surface area (Å²) in [6.07, 6.45) is 6.14. The van der Waals surface area contributed by atoms with Crippen LogP contribution < -0.4 is 5.32 Å². The van der Waals surface area contributed by atoms with E-state index in [4.69, 9.17) is 6.42 Å². The van der Waals surface area contributed by atoms with E-state index < -0.39 is 0 Å². The first-order chi connectivity index (χ1) is 3.81. The number of nitrogens with one attached hydrogen (secondary N) is 1. The smallest absolute Gasteiger partial charge is 0.231 e. The maximum atomic E-state index is 10.4. The van der Waals surface area contributed by atoms with Crippen molar-refractivity contribution in [3.05, 3.63) is 0 Å². The van der Waals surface area contributed by atoms with Gasteiger partial charge in [0.25, 0.3) is 0 Å². The SMILES string of the molecule is C#CNC(=O)CCC. The number of carbonyl (C=O) groups excluding carboxylic acids is 1. The van der Waals surface area contributed by atoms with Crippen LogP contribution in [0.15, 0.2) is 0 Å². The third-order valence-electron chi connectivity index (χ3n) is 0.689. The zero-order valence-electron chi connectivity index (χ0n) is 4.90. The molecule has 0 heterocycles. The standard InChI is InChI=1S/C6H9NO/c1-3-5-6(8)7-4-2/h2H,3,5H2,1H3,(H,7,8). The maximum Gasteiger partial charge on any atom is 0.231 e. The van der Waals surface area contributed by atoms with Crippen LogP contribution in [-0.2, 0) is 4.79 Å². The fraction of sp³-hybridized carbons (Fsp3) is 0.500. The van der Waals surface area contributed by atoms with Crippen LogP contribution in [0.5, 0.6) is 0 Å². The molecule has 2 nitrogen and oxygen atoms in total. The van der Waals surface area contributed by atoms with Crippen molar-refractivity contribution in [1.82, 2.24) is 5.32 Å². The maximum absolute atomic E-state index is 10.4. The highest BCUT2D eigenvalue weighted by molar-refractivity contribution is 5.77. The highest BCUT2D eigenvalue weighted by Gasteiger charge is 1.92. The molecule has 0 aromatic carbocycles. The van der Waals surface area contributed by atoms with Crippen LogP contribution in [0.1, 0.15) is 19.8 Å². The van der Waals surface area contributed by atoms with E-state index in [1.54, 1.807) is 0 Å². The molecule has 0 aliphatic heterocycles. The average Bonchev–Trinajstić information content (AvgIpc) is 1.68. The molecule has 0 saturated heterocycles. The summed E-state index contributed by atoms with van der Waals surface area (Å²) in [5, 5.41) is 2.24. The average molecular weight is 111 g/mol. The van der Waals surface area contributed by atoms with Gasteiger partial charge < -0.3 is 0 Å². The molecule has 0 atom stereocenters. The van der Waals surface area contributed by atoms with Gasteiger partial charge >= 0.3 is 0 Å². The molecule has 0 saturated carbocycles. The van der Waals surface area contributed by atoms with Crippen molar-refractivity contribution in [1.29, 1.82) is 0 Å². The number of hydrogen-bond donors (Lipinski definition) is 1. The van der Waals surface area contributed by atoms with Crippen molar-refractivity contribution < 1.29 is 4.79 Å². The summed E-state index contributed by atoms with van der Waals surface area (Å²) in [5.41, 5.74) is 0. The van der Waals surface area contributed by atoms with Gasteiger partial charge in [-0.25, -0.2) is 0 Å². The summed E-state index contributed by atoms with van der Waals surface area (Å²) >= 11 is 0. The number of rotatable bonds is 2. The highest BCUT2D eigenvalue weighted by Crippen LogP contribution is 1.83. The third kappa shape index (κ3) is 3.23. The Morgan fingerprint density at radius 2 is 2.50 bits per heavy atom. The van der Waals surface area contributed by atoms with Crippen molar-refractivity contribution in [2.75, 3.05) is 0 Å². The fourth-order valence-electron chi connectivity index (χ4n) is 0.370. The summed E-state index contributed by atoms with van der Waals surface area (Å²) in [4.78, 5) is 10.4. The first-order valence-corrected chi connectivity index (χ1v) is 2.55. The minimum Gasteiger partial charge on any atom is -0.285 e. The predicted molar refractivity (Wildman–Crippen MR) is 31.9 cm³/mol. The molecule has 0 aliphatic carbocycles. The van der Waals surface area contributed by atoms with E-state index in [0.717, 1.165) is 6.42 Å². The van der Waals surface area contributed by atoms with Crippen LogP contribution in [0.2, 0.25) is 0 Å². The van der Waals surface area contributed by atoms with Crippen LogP contribution in [0, 0.1) is 12.5 Å². The molecular formula is C6H9NO. The summed E-state index contributed by atoms with van der Waals surface area (Å²) in [6, 6.07) is 2.05. The van der Waals surface area contributed by atoms with Crippen LogP contribution in [-0.4, -0.2) is 5.91 Å². The van der Waals surface area contributed by atoms with Crippen molar-refractivity contribution in [3.8, 4) is 12.5 Å². The zero-order chi connectivity index (χ0) is 6.41. The quantitative estimate of drug-likeness (QED) is 0.408. The molecule has 2 heteroatoms. The molecule has 0 radical (unpaired) electrons. The van der Waals surface area contributed by atoms with Gasteiger partial charge in [0, 0.05) is 12.5 Å². The first-order valence-electron chi connectivity index (χ1n) is 2.55. The summed E-state index contributed by atoms with van der Waals surface area (Å²) in [7, 11) is 0. The number of terminal acetylenes is 1. The van der Waals surface area contributed by atoms with E-state index in [0.29, 0.717) is 6.42 Å². The number of hydrogen-bond acceptors (Lipinski definition) is 1. The third-order valence-corrected chi connectivity index (χ3v) is 0.689. The van der Waals surface area contributed by atoms with E-state index in [-0.39, 0.29) is 5.91 Å². The van der Waals surface area contributed by atoms with Gasteiger partial charge in [0.15, 0.2) is 0 Å². The molecular weight excluding hydrogens is 102 g/mol. The van der Waals surface area contributed by atoms with Gasteiger partial charge in [0.05, 0.1) is 0 Å². The fourth-order valence-corrected chi connectivity index (χ4v) is 0.370. The summed E-state index contributed by atoms with van der Waals surface area (Å²) in [5.74, 6) is -0.0741. The topological polar surface area (TPSA) is 29.1 Å². The van der Waals surface area contributed by atoms with Gasteiger partial charge in [-0.05, 0) is 6.42 Å². The van der Waals surface area contributed by atoms with Crippen molar-refractivity contribution in [2.45, 2.75) is 19.8 Å². The molecule has 0 unspecified atom stereocenters. The Morgan fingerprint density at radius 3 is 2.88 bits per heavy atom. The molecule has 0 bridgehead atoms. The van der Waals surface area contributed by atoms with Gasteiger partial charge in [-0.3, -0.25) is 10.1 Å². The van der Waals surface area contributed by atoms with Gasteiger partial charge in [-0.1, -0.05) is 13.3 Å². The van der Waals surface area contributed by atoms with E-state index >= 15 is 0 Å². The minimum absolute atomic E-state index is 0.0741. The van der Waals surface area contributed by atoms with Crippen molar-refractivity contribution in [3.63, 3.8) is 0 Å². The lowest BCUT2D eigenvalue weighted by Gasteiger charge is -1.90. The Labute approximate surface area is 49.3 Å². The minimum atomic E-state index is -0.0741. The molecule has 0 aromatic rings. The molecule has 8 heavy (non-hydrogen) atoms. The largest absolute Gasteiger partial charge is 0.285 e. The molecule has 0 aromatic heterocycles. The highest BCUT2D eigenvalue weighted by atomic mass is 16.1. The Morgan fingerprint density at radius 1 is 1.88 bits per heavy atom. The van der Waals surface area contributed by atoms with Crippen LogP contribution in [0.25, 0.3) is 0 Å². The zero-order valence-corrected chi connectivity index (χ0v) is 4.90. The summed E-state index contributed by atoms with van der Waals surface area (Å²) in [6.45, 7) is 1.93. The molecule has 44 valence electrons. The Bertz CT molecular complexity index is 112. The monoisotopic (exact) mass is 111 g/mol. The molecule has 0 fully saturated rings. The van der Waals surface area contributed by atoms with Gasteiger partial charge in [-0.15, -0.1) is 0 Å². The lowest BCUT2D eigenvalue weighted by molar-refractivity contribution is -0.119. The Hall–Kier alpha value is -0.970. The second kappa shape index (κ2) is 4.20. The lowest BCUT2D eigenvalue weighted by Crippen LogP contribution is -2.15. The van der Waals surface area contributed by atoms with Gasteiger partial charge in [0.2, 0.25) is 5.91 Å². The molecule has 0 spiro atoms. The van der Waals surface area contributed by atoms with Crippen molar-refractivity contribution in [2.24, 2.45) is 0 Å². The van der Waals surface area contributed by atoms with E-state index in [1.165, 1.54) is 0 Å². The molecule has 1 amide bonds. The first kappa shape index (κ1) is 7.03. The molecule has 0 aliphatic rings. The van der Waals surface area contributed by atoms with Crippen LogP contribution >= 0.6 is 0 Å². The Balaban J connectivity index is 3.23. The number of amides is 1. The lowest BCUT2D eigenvalue weighted by atomic mass is 10.3. The Kier molecular flexibility index (Phi) is 3.69. The second-order valence-electron chi connectivity index (χ2n) is 1.44. The van der Waals surface area contributed by atoms with E-state index in [1.807, 2.05) is 6.92 Å². The van der Waals surface area contributed by atoms with E-state index in [2.05, 4.69) is 11.4 Å². The van der Waals surface area contributed by atoms with Crippen molar-refractivity contribution >= 4 is 5.91 Å². The van der Waals surface area contributed by atoms with Gasteiger partial charge in [-0.2, -0.15) is 0 Å². The predicted octanol–water partition coefficient (Wildman–Crippen LogP) is 0.493. The van der Waals surface area contributed by atoms with Crippen LogP contribution in [0.4, 0.5) is 0 Å². The van der Waals surface area contributed by atoms with Gasteiger partial charge in [0.1, 0.15) is 0 Å². The molecule has 1 N–H and O–H groups in total.